The normalized spacial score (nSPS) is 11.2. The molecule has 3 aromatic carbocycles. The van der Waals surface area contributed by atoms with Gasteiger partial charge in [0.2, 0.25) is 0 Å². The van der Waals surface area contributed by atoms with E-state index in [1.54, 1.807) is 0 Å². The molecule has 0 atom stereocenters. The zero-order valence-corrected chi connectivity index (χ0v) is 14.4. The van der Waals surface area contributed by atoms with Gasteiger partial charge in [0.05, 0.1) is 23.3 Å². The van der Waals surface area contributed by atoms with Crippen molar-refractivity contribution in [3.8, 4) is 0 Å². The highest BCUT2D eigenvalue weighted by Gasteiger charge is 2.10. The van der Waals surface area contributed by atoms with E-state index in [2.05, 4.69) is 55.6 Å². The van der Waals surface area contributed by atoms with Gasteiger partial charge in [0.25, 0.3) is 0 Å². The average molecular weight is 328 g/mol. The summed E-state index contributed by atoms with van der Waals surface area (Å²) >= 11 is 0. The monoisotopic (exact) mass is 328 g/mol. The molecule has 0 saturated heterocycles. The molecule has 0 unspecified atom stereocenters. The summed E-state index contributed by atoms with van der Waals surface area (Å²) in [5.41, 5.74) is 7.26. The summed E-state index contributed by atoms with van der Waals surface area (Å²) in [4.78, 5) is 4.82. The molecule has 124 valence electrons. The Hall–Kier alpha value is -2.91. The number of aliphatic hydroxyl groups is 1. The Labute approximate surface area is 147 Å². The zero-order chi connectivity index (χ0) is 17.4. The lowest BCUT2D eigenvalue weighted by Gasteiger charge is -2.15. The third-order valence-corrected chi connectivity index (χ3v) is 4.46. The van der Waals surface area contributed by atoms with Crippen molar-refractivity contribution < 1.29 is 5.11 Å². The van der Waals surface area contributed by atoms with Gasteiger partial charge in [0.15, 0.2) is 0 Å². The second-order valence-electron chi connectivity index (χ2n) is 6.51. The molecule has 0 bridgehead atoms. The molecular weight excluding hydrogens is 308 g/mol. The number of nitrogens with one attached hydrogen (secondary N) is 1. The molecule has 0 aliphatic carbocycles. The number of benzene rings is 3. The van der Waals surface area contributed by atoms with Crippen LogP contribution in [0.25, 0.3) is 21.8 Å². The van der Waals surface area contributed by atoms with Crippen molar-refractivity contribution in [1.29, 1.82) is 0 Å². The van der Waals surface area contributed by atoms with Crippen LogP contribution < -0.4 is 5.32 Å². The van der Waals surface area contributed by atoms with Crippen LogP contribution in [0.1, 0.15) is 16.7 Å². The minimum Gasteiger partial charge on any atom is -0.392 e. The quantitative estimate of drug-likeness (QED) is 0.505. The summed E-state index contributed by atoms with van der Waals surface area (Å²) in [5.74, 6) is 0. The number of anilines is 2. The van der Waals surface area contributed by atoms with Crippen LogP contribution in [0.4, 0.5) is 11.4 Å². The smallest absolute Gasteiger partial charge is 0.0730 e. The number of hydrogen-bond donors (Lipinski definition) is 2. The van der Waals surface area contributed by atoms with E-state index in [4.69, 9.17) is 4.98 Å². The number of hydrogen-bond acceptors (Lipinski definition) is 3. The molecule has 0 spiro atoms. The highest BCUT2D eigenvalue weighted by Crippen LogP contribution is 2.34. The Morgan fingerprint density at radius 3 is 2.08 bits per heavy atom. The van der Waals surface area contributed by atoms with E-state index < -0.39 is 0 Å². The van der Waals surface area contributed by atoms with Gasteiger partial charge in [-0.1, -0.05) is 35.4 Å². The van der Waals surface area contributed by atoms with E-state index in [0.29, 0.717) is 0 Å². The average Bonchev–Trinajstić information content (AvgIpc) is 2.62. The van der Waals surface area contributed by atoms with Gasteiger partial charge in [-0.3, -0.25) is 0 Å². The minimum atomic E-state index is 0.0333. The first-order valence-corrected chi connectivity index (χ1v) is 8.41. The van der Waals surface area contributed by atoms with Crippen LogP contribution in [0.15, 0.2) is 60.7 Å². The predicted molar refractivity (Wildman–Crippen MR) is 104 cm³/mol. The van der Waals surface area contributed by atoms with Crippen molar-refractivity contribution in [2.75, 3.05) is 5.32 Å². The van der Waals surface area contributed by atoms with Crippen LogP contribution in [0.3, 0.4) is 0 Å². The number of fused-ring (bicyclic) bond motifs is 2. The van der Waals surface area contributed by atoms with Crippen molar-refractivity contribution >= 4 is 33.2 Å². The Kier molecular flexibility index (Phi) is 3.86. The van der Waals surface area contributed by atoms with Gasteiger partial charge in [-0.15, -0.1) is 0 Å². The van der Waals surface area contributed by atoms with Gasteiger partial charge >= 0.3 is 0 Å². The number of pyridine rings is 1. The Morgan fingerprint density at radius 2 is 1.48 bits per heavy atom. The molecule has 3 heteroatoms. The standard InChI is InChI=1S/C22H20N2O/c1-14-6-8-20-18(10-14)22(19-11-15(2)7-9-21(19)24-20)23-17-5-3-4-16(12-17)13-25/h3-12,25H,13H2,1-2H3,(H,23,24). The third-order valence-electron chi connectivity index (χ3n) is 4.46. The molecule has 1 aromatic heterocycles. The number of aliphatic hydroxyl groups excluding tert-OH is 1. The van der Waals surface area contributed by atoms with Gasteiger partial charge in [-0.05, 0) is 55.8 Å². The first-order valence-electron chi connectivity index (χ1n) is 8.41. The lowest BCUT2D eigenvalue weighted by molar-refractivity contribution is 0.282. The van der Waals surface area contributed by atoms with Crippen LogP contribution in [-0.2, 0) is 6.61 Å². The van der Waals surface area contributed by atoms with Crippen LogP contribution in [0.2, 0.25) is 0 Å². The van der Waals surface area contributed by atoms with E-state index in [1.165, 1.54) is 11.1 Å². The molecule has 0 amide bonds. The number of aromatic nitrogens is 1. The summed E-state index contributed by atoms with van der Waals surface area (Å²) in [6.45, 7) is 4.22. The van der Waals surface area contributed by atoms with E-state index in [1.807, 2.05) is 24.3 Å². The van der Waals surface area contributed by atoms with Crippen molar-refractivity contribution in [1.82, 2.24) is 4.98 Å². The molecular formula is C22H20N2O. The van der Waals surface area contributed by atoms with Crippen LogP contribution in [-0.4, -0.2) is 10.1 Å². The maximum Gasteiger partial charge on any atom is 0.0730 e. The molecule has 0 saturated carbocycles. The summed E-state index contributed by atoms with van der Waals surface area (Å²) < 4.78 is 0. The summed E-state index contributed by atoms with van der Waals surface area (Å²) in [6.07, 6.45) is 0. The van der Waals surface area contributed by atoms with E-state index in [-0.39, 0.29) is 6.61 Å². The SMILES string of the molecule is Cc1ccc2nc3ccc(C)cc3c(Nc3cccc(CO)c3)c2c1. The molecule has 2 N–H and O–H groups in total. The molecule has 25 heavy (non-hydrogen) atoms. The zero-order valence-electron chi connectivity index (χ0n) is 14.4. The second-order valence-corrected chi connectivity index (χ2v) is 6.51. The minimum absolute atomic E-state index is 0.0333. The van der Waals surface area contributed by atoms with Crippen molar-refractivity contribution in [2.24, 2.45) is 0 Å². The molecule has 0 fully saturated rings. The molecule has 0 aliphatic rings. The lowest BCUT2D eigenvalue weighted by atomic mass is 10.0. The molecule has 4 aromatic rings. The van der Waals surface area contributed by atoms with E-state index >= 15 is 0 Å². The fraction of sp³-hybridized carbons (Fsp3) is 0.136. The summed E-state index contributed by atoms with van der Waals surface area (Å²) in [5, 5.41) is 15.2. The summed E-state index contributed by atoms with van der Waals surface area (Å²) in [6, 6.07) is 20.5. The first kappa shape index (κ1) is 15.6. The Balaban J connectivity index is 1.99. The van der Waals surface area contributed by atoms with E-state index in [9.17, 15) is 5.11 Å². The first-order chi connectivity index (χ1) is 12.1. The van der Waals surface area contributed by atoms with Crippen molar-refractivity contribution in [3.63, 3.8) is 0 Å². The van der Waals surface area contributed by atoms with Gasteiger partial charge < -0.3 is 10.4 Å². The maximum absolute atomic E-state index is 9.41. The third kappa shape index (κ3) is 2.94. The molecule has 4 rings (SSSR count). The molecule has 3 nitrogen and oxygen atoms in total. The van der Waals surface area contributed by atoms with Crippen LogP contribution in [0.5, 0.6) is 0 Å². The van der Waals surface area contributed by atoms with E-state index in [0.717, 1.165) is 38.7 Å². The highest BCUT2D eigenvalue weighted by molar-refractivity contribution is 6.09. The largest absolute Gasteiger partial charge is 0.392 e. The Morgan fingerprint density at radius 1 is 0.840 bits per heavy atom. The van der Waals surface area contributed by atoms with Crippen molar-refractivity contribution in [2.45, 2.75) is 20.5 Å². The van der Waals surface area contributed by atoms with Gasteiger partial charge in [-0.2, -0.15) is 0 Å². The van der Waals surface area contributed by atoms with Crippen LogP contribution in [0, 0.1) is 13.8 Å². The van der Waals surface area contributed by atoms with Gasteiger partial charge in [-0.25, -0.2) is 4.98 Å². The fourth-order valence-corrected chi connectivity index (χ4v) is 3.20. The lowest BCUT2D eigenvalue weighted by Crippen LogP contribution is -1.97. The molecule has 0 aliphatic heterocycles. The number of nitrogens with zero attached hydrogens (tertiary/aromatic N) is 1. The number of aryl methyl sites for hydroxylation is 2. The molecule has 0 radical (unpaired) electrons. The van der Waals surface area contributed by atoms with Gasteiger partial charge in [0.1, 0.15) is 0 Å². The maximum atomic E-state index is 9.41. The van der Waals surface area contributed by atoms with Crippen molar-refractivity contribution in [3.05, 3.63) is 77.4 Å². The Bertz CT molecular complexity index is 1030. The molecule has 1 heterocycles. The second kappa shape index (κ2) is 6.19. The number of rotatable bonds is 3. The fourth-order valence-electron chi connectivity index (χ4n) is 3.20. The topological polar surface area (TPSA) is 45.2 Å². The van der Waals surface area contributed by atoms with Gasteiger partial charge in [0, 0.05) is 16.5 Å². The predicted octanol–water partition coefficient (Wildman–Crippen LogP) is 5.24. The van der Waals surface area contributed by atoms with Crippen LogP contribution >= 0.6 is 0 Å². The summed E-state index contributed by atoms with van der Waals surface area (Å²) in [7, 11) is 0. The highest BCUT2D eigenvalue weighted by atomic mass is 16.3.